The number of rotatable bonds is 4. The van der Waals surface area contributed by atoms with Crippen LogP contribution in [0.5, 0.6) is 0 Å². The maximum absolute atomic E-state index is 5.94. The van der Waals surface area contributed by atoms with E-state index in [0.717, 1.165) is 17.0 Å². The number of aromatic nitrogens is 1. The van der Waals surface area contributed by atoms with Gasteiger partial charge in [0.2, 0.25) is 0 Å². The highest BCUT2D eigenvalue weighted by Crippen LogP contribution is 2.27. The van der Waals surface area contributed by atoms with Gasteiger partial charge in [0, 0.05) is 22.0 Å². The summed E-state index contributed by atoms with van der Waals surface area (Å²) in [4.78, 5) is 6.79. The molecule has 18 heavy (non-hydrogen) atoms. The molecule has 0 spiro atoms. The van der Waals surface area contributed by atoms with Gasteiger partial charge in [-0.05, 0) is 37.6 Å². The highest BCUT2D eigenvalue weighted by Gasteiger charge is 2.04. The van der Waals surface area contributed by atoms with E-state index < -0.39 is 0 Å². The minimum atomic E-state index is 0.0448. The number of hydrogen-bond donors (Lipinski definition) is 1. The van der Waals surface area contributed by atoms with Gasteiger partial charge in [-0.1, -0.05) is 36.4 Å². The molecule has 2 rings (SSSR count). The fourth-order valence-corrected chi connectivity index (χ4v) is 2.41. The maximum atomic E-state index is 5.94. The molecule has 3 heteroatoms. The van der Waals surface area contributed by atoms with Crippen LogP contribution in [0.4, 0.5) is 0 Å². The highest BCUT2D eigenvalue weighted by atomic mass is 32.2. The van der Waals surface area contributed by atoms with Gasteiger partial charge in [0.25, 0.3) is 0 Å². The molecule has 1 atom stereocenters. The molecular formula is C15H18N2S. The molecule has 0 saturated carbocycles. The second-order valence-corrected chi connectivity index (χ2v) is 5.50. The van der Waals surface area contributed by atoms with Crippen LogP contribution in [-0.2, 0) is 0 Å². The molecule has 0 aliphatic heterocycles. The third-order valence-corrected chi connectivity index (χ3v) is 3.82. The summed E-state index contributed by atoms with van der Waals surface area (Å²) in [6, 6.07) is 12.7. The Balaban J connectivity index is 2.08. The van der Waals surface area contributed by atoms with Crippen LogP contribution in [0.25, 0.3) is 0 Å². The zero-order valence-corrected chi connectivity index (χ0v) is 11.6. The fraction of sp³-hybridized carbons (Fsp3) is 0.267. The summed E-state index contributed by atoms with van der Waals surface area (Å²) in [6.45, 7) is 4.16. The lowest BCUT2D eigenvalue weighted by Crippen LogP contribution is -2.10. The monoisotopic (exact) mass is 258 g/mol. The molecule has 94 valence electrons. The van der Waals surface area contributed by atoms with Gasteiger partial charge in [-0.15, -0.1) is 0 Å². The third-order valence-electron chi connectivity index (χ3n) is 2.84. The van der Waals surface area contributed by atoms with Gasteiger partial charge in [0.15, 0.2) is 0 Å². The van der Waals surface area contributed by atoms with Crippen LogP contribution in [0.15, 0.2) is 52.4 Å². The summed E-state index contributed by atoms with van der Waals surface area (Å²) in [5, 5.41) is 0. The predicted molar refractivity (Wildman–Crippen MR) is 76.8 cm³/mol. The van der Waals surface area contributed by atoms with E-state index in [1.807, 2.05) is 12.3 Å². The van der Waals surface area contributed by atoms with Crippen molar-refractivity contribution in [3.8, 4) is 0 Å². The van der Waals surface area contributed by atoms with Gasteiger partial charge in [-0.3, -0.25) is 4.98 Å². The second-order valence-electron chi connectivity index (χ2n) is 4.35. The summed E-state index contributed by atoms with van der Waals surface area (Å²) in [6.07, 6.45) is 2.81. The molecule has 2 nitrogen and oxygen atoms in total. The van der Waals surface area contributed by atoms with Gasteiger partial charge in [-0.2, -0.15) is 0 Å². The number of pyridine rings is 1. The van der Waals surface area contributed by atoms with Gasteiger partial charge < -0.3 is 5.73 Å². The lowest BCUT2D eigenvalue weighted by molar-refractivity contribution is 0.674. The lowest BCUT2D eigenvalue weighted by Gasteiger charge is -2.08. The normalized spacial score (nSPS) is 12.4. The van der Waals surface area contributed by atoms with Crippen LogP contribution in [-0.4, -0.2) is 4.98 Å². The first-order valence-electron chi connectivity index (χ1n) is 6.15. The lowest BCUT2D eigenvalue weighted by atomic mass is 10.1. The van der Waals surface area contributed by atoms with Crippen molar-refractivity contribution in [1.82, 2.24) is 4.98 Å². The first-order chi connectivity index (χ1) is 8.69. The summed E-state index contributed by atoms with van der Waals surface area (Å²) < 4.78 is 0. The van der Waals surface area contributed by atoms with Crippen molar-refractivity contribution in [1.29, 1.82) is 0 Å². The Hall–Kier alpha value is -1.32. The SMILES string of the molecule is CCC(N)c1ccc(Sc2ccc(C)cc2)cn1. The largest absolute Gasteiger partial charge is 0.323 e. The van der Waals surface area contributed by atoms with Crippen molar-refractivity contribution < 1.29 is 0 Å². The molecule has 2 N–H and O–H groups in total. The quantitative estimate of drug-likeness (QED) is 0.902. The average Bonchev–Trinajstić information content (AvgIpc) is 2.41. The zero-order valence-electron chi connectivity index (χ0n) is 10.8. The Morgan fingerprint density at radius 2 is 1.78 bits per heavy atom. The smallest absolute Gasteiger partial charge is 0.0571 e. The maximum Gasteiger partial charge on any atom is 0.0571 e. The van der Waals surface area contributed by atoms with Crippen molar-refractivity contribution >= 4 is 11.8 Å². The molecule has 1 aromatic carbocycles. The van der Waals surface area contributed by atoms with Gasteiger partial charge in [0.1, 0.15) is 0 Å². The Bertz CT molecular complexity index is 491. The van der Waals surface area contributed by atoms with Gasteiger partial charge in [0.05, 0.1) is 5.69 Å². The van der Waals surface area contributed by atoms with Crippen LogP contribution in [0.3, 0.4) is 0 Å². The fourth-order valence-electron chi connectivity index (χ4n) is 1.62. The average molecular weight is 258 g/mol. The molecule has 1 unspecified atom stereocenters. The Morgan fingerprint density at radius 1 is 1.11 bits per heavy atom. The van der Waals surface area contributed by atoms with Crippen LogP contribution in [0.1, 0.15) is 30.6 Å². The van der Waals surface area contributed by atoms with Gasteiger partial charge in [-0.25, -0.2) is 0 Å². The molecule has 0 saturated heterocycles. The number of nitrogens with two attached hydrogens (primary N) is 1. The van der Waals surface area contributed by atoms with E-state index >= 15 is 0 Å². The molecule has 0 radical (unpaired) electrons. The predicted octanol–water partition coefficient (Wildman–Crippen LogP) is 3.95. The number of aryl methyl sites for hydroxylation is 1. The highest BCUT2D eigenvalue weighted by molar-refractivity contribution is 7.99. The molecule has 2 aromatic rings. The van der Waals surface area contributed by atoms with Crippen LogP contribution >= 0.6 is 11.8 Å². The molecule has 0 bridgehead atoms. The first kappa shape index (κ1) is 13.1. The second kappa shape index (κ2) is 6.03. The zero-order chi connectivity index (χ0) is 13.0. The first-order valence-corrected chi connectivity index (χ1v) is 6.96. The standard InChI is InChI=1S/C15H18N2S/c1-3-14(16)15-9-8-13(10-17-15)18-12-6-4-11(2)5-7-12/h4-10,14H,3,16H2,1-2H3. The summed E-state index contributed by atoms with van der Waals surface area (Å²) in [7, 11) is 0. The van der Waals surface area contributed by atoms with Crippen LogP contribution in [0, 0.1) is 6.92 Å². The number of nitrogens with zero attached hydrogens (tertiary/aromatic N) is 1. The van der Waals surface area contributed by atoms with E-state index in [2.05, 4.69) is 49.2 Å². The van der Waals surface area contributed by atoms with Crippen molar-refractivity contribution in [3.63, 3.8) is 0 Å². The van der Waals surface area contributed by atoms with E-state index in [0.29, 0.717) is 0 Å². The van der Waals surface area contributed by atoms with Gasteiger partial charge >= 0.3 is 0 Å². The summed E-state index contributed by atoms with van der Waals surface area (Å²) >= 11 is 1.72. The molecule has 1 aromatic heterocycles. The van der Waals surface area contributed by atoms with E-state index in [4.69, 9.17) is 5.73 Å². The molecule has 1 heterocycles. The third kappa shape index (κ3) is 3.34. The topological polar surface area (TPSA) is 38.9 Å². The molecule has 0 aliphatic rings. The molecule has 0 fully saturated rings. The van der Waals surface area contributed by atoms with Crippen LogP contribution in [0.2, 0.25) is 0 Å². The molecule has 0 aliphatic carbocycles. The van der Waals surface area contributed by atoms with Crippen molar-refractivity contribution in [3.05, 3.63) is 53.9 Å². The van der Waals surface area contributed by atoms with E-state index in [1.54, 1.807) is 11.8 Å². The Morgan fingerprint density at radius 3 is 2.33 bits per heavy atom. The minimum Gasteiger partial charge on any atom is -0.323 e. The molecular weight excluding hydrogens is 240 g/mol. The van der Waals surface area contributed by atoms with Crippen molar-refractivity contribution in [2.45, 2.75) is 36.1 Å². The number of hydrogen-bond acceptors (Lipinski definition) is 3. The van der Waals surface area contributed by atoms with Crippen LogP contribution < -0.4 is 5.73 Å². The Labute approximate surface area is 113 Å². The molecule has 0 amide bonds. The number of benzene rings is 1. The van der Waals surface area contributed by atoms with E-state index in [-0.39, 0.29) is 6.04 Å². The Kier molecular flexibility index (Phi) is 4.39. The van der Waals surface area contributed by atoms with Crippen molar-refractivity contribution in [2.24, 2.45) is 5.73 Å². The van der Waals surface area contributed by atoms with E-state index in [1.165, 1.54) is 10.5 Å². The van der Waals surface area contributed by atoms with E-state index in [9.17, 15) is 0 Å². The van der Waals surface area contributed by atoms with Crippen molar-refractivity contribution in [2.75, 3.05) is 0 Å². The summed E-state index contributed by atoms with van der Waals surface area (Å²) in [5.41, 5.74) is 8.19. The minimum absolute atomic E-state index is 0.0448. The summed E-state index contributed by atoms with van der Waals surface area (Å²) in [5.74, 6) is 0.